The summed E-state index contributed by atoms with van der Waals surface area (Å²) in [7, 11) is 0. The van der Waals surface area contributed by atoms with E-state index in [9.17, 15) is 9.59 Å². The van der Waals surface area contributed by atoms with Gasteiger partial charge in [0.2, 0.25) is 5.78 Å². The molecular formula is C22H19N3O3S. The maximum Gasteiger partial charge on any atom is 0.253 e. The number of aromatic nitrogens is 1. The summed E-state index contributed by atoms with van der Waals surface area (Å²) in [5.74, 6) is 0.798. The van der Waals surface area contributed by atoms with Crippen LogP contribution in [-0.2, 0) is 0 Å². The number of amides is 1. The van der Waals surface area contributed by atoms with Crippen LogP contribution >= 0.6 is 11.3 Å². The molecule has 3 aromatic heterocycles. The van der Waals surface area contributed by atoms with E-state index >= 15 is 0 Å². The van der Waals surface area contributed by atoms with Crippen LogP contribution in [0.2, 0.25) is 0 Å². The molecule has 4 aromatic rings. The lowest BCUT2D eigenvalue weighted by molar-refractivity contribution is 0.0745. The minimum Gasteiger partial charge on any atom is -0.449 e. The molecule has 1 aromatic carbocycles. The van der Waals surface area contributed by atoms with Gasteiger partial charge in [-0.2, -0.15) is 0 Å². The Balaban J connectivity index is 1.37. The number of furan rings is 1. The van der Waals surface area contributed by atoms with E-state index in [1.165, 1.54) is 11.3 Å². The van der Waals surface area contributed by atoms with E-state index in [4.69, 9.17) is 4.42 Å². The fraction of sp³-hybridized carbons (Fsp3) is 0.182. The Hall–Kier alpha value is -3.32. The van der Waals surface area contributed by atoms with Crippen molar-refractivity contribution in [2.45, 2.75) is 0 Å². The van der Waals surface area contributed by atoms with Gasteiger partial charge in [-0.05, 0) is 35.7 Å². The highest BCUT2D eigenvalue weighted by molar-refractivity contribution is 7.12. The number of carbonyl (C=O) groups is 2. The highest BCUT2D eigenvalue weighted by Crippen LogP contribution is 2.25. The number of H-pyrrole nitrogens is 1. The van der Waals surface area contributed by atoms with Crippen LogP contribution in [0.15, 0.2) is 64.7 Å². The Morgan fingerprint density at radius 3 is 2.62 bits per heavy atom. The summed E-state index contributed by atoms with van der Waals surface area (Å²) in [5, 5.41) is 2.67. The standard InChI is InChI=1S/C22H19N3O3S/c26-21(19-3-2-12-29-19)17-14-23-18-6-5-15(13-16(17)18)22(27)25-9-7-24(8-10-25)20-4-1-11-28-20/h1-6,11-14,23H,7-10H2. The van der Waals surface area contributed by atoms with Crippen LogP contribution in [0.25, 0.3) is 10.9 Å². The summed E-state index contributed by atoms with van der Waals surface area (Å²) in [5.41, 5.74) is 2.05. The zero-order valence-corrected chi connectivity index (χ0v) is 16.4. The summed E-state index contributed by atoms with van der Waals surface area (Å²) in [6.07, 6.45) is 3.39. The number of aromatic amines is 1. The number of benzene rings is 1. The molecule has 7 heteroatoms. The number of rotatable bonds is 4. The Labute approximate surface area is 171 Å². The van der Waals surface area contributed by atoms with Crippen LogP contribution in [0.5, 0.6) is 0 Å². The van der Waals surface area contributed by atoms with Crippen molar-refractivity contribution in [1.29, 1.82) is 0 Å². The van der Waals surface area contributed by atoms with Crippen molar-refractivity contribution in [3.63, 3.8) is 0 Å². The molecular weight excluding hydrogens is 386 g/mol. The van der Waals surface area contributed by atoms with Gasteiger partial charge in [0.25, 0.3) is 5.91 Å². The van der Waals surface area contributed by atoms with Gasteiger partial charge in [-0.15, -0.1) is 11.3 Å². The van der Waals surface area contributed by atoms with Crippen LogP contribution in [0.3, 0.4) is 0 Å². The van der Waals surface area contributed by atoms with Gasteiger partial charge in [0.05, 0.1) is 11.1 Å². The fourth-order valence-corrected chi connectivity index (χ4v) is 4.42. The Kier molecular flexibility index (Phi) is 4.44. The van der Waals surface area contributed by atoms with Crippen molar-refractivity contribution in [2.24, 2.45) is 0 Å². The Bertz CT molecular complexity index is 1150. The number of hydrogen-bond acceptors (Lipinski definition) is 5. The molecule has 1 amide bonds. The smallest absolute Gasteiger partial charge is 0.253 e. The van der Waals surface area contributed by atoms with Crippen molar-refractivity contribution in [3.05, 3.63) is 76.3 Å². The molecule has 6 nitrogen and oxygen atoms in total. The number of anilines is 1. The third kappa shape index (κ3) is 3.23. The van der Waals surface area contributed by atoms with Crippen molar-refractivity contribution >= 4 is 39.8 Å². The largest absolute Gasteiger partial charge is 0.449 e. The second-order valence-corrected chi connectivity index (χ2v) is 7.95. The van der Waals surface area contributed by atoms with Crippen molar-refractivity contribution < 1.29 is 14.0 Å². The maximum atomic E-state index is 13.1. The zero-order chi connectivity index (χ0) is 19.8. The van der Waals surface area contributed by atoms with E-state index in [0.29, 0.717) is 29.1 Å². The third-order valence-corrected chi connectivity index (χ3v) is 6.17. The number of fused-ring (bicyclic) bond motifs is 1. The van der Waals surface area contributed by atoms with Gasteiger partial charge in [-0.25, -0.2) is 0 Å². The first-order valence-electron chi connectivity index (χ1n) is 9.48. The number of nitrogens with one attached hydrogen (secondary N) is 1. The van der Waals surface area contributed by atoms with Crippen LogP contribution in [0, 0.1) is 0 Å². The molecule has 0 spiro atoms. The molecule has 4 heterocycles. The van der Waals surface area contributed by atoms with E-state index in [-0.39, 0.29) is 11.7 Å². The molecule has 1 fully saturated rings. The monoisotopic (exact) mass is 405 g/mol. The fourth-order valence-electron chi connectivity index (χ4n) is 3.74. The van der Waals surface area contributed by atoms with Gasteiger partial charge in [0, 0.05) is 60.5 Å². The van der Waals surface area contributed by atoms with E-state index in [1.54, 1.807) is 12.5 Å². The molecule has 1 saturated heterocycles. The normalized spacial score (nSPS) is 14.5. The highest BCUT2D eigenvalue weighted by atomic mass is 32.1. The second-order valence-electron chi connectivity index (χ2n) is 7.00. The first-order valence-corrected chi connectivity index (χ1v) is 10.4. The van der Waals surface area contributed by atoms with Gasteiger partial charge >= 0.3 is 0 Å². The third-order valence-electron chi connectivity index (χ3n) is 5.30. The Morgan fingerprint density at radius 2 is 1.90 bits per heavy atom. The number of nitrogens with zero attached hydrogens (tertiary/aromatic N) is 2. The summed E-state index contributed by atoms with van der Waals surface area (Å²) >= 11 is 1.42. The number of piperazine rings is 1. The molecule has 1 aliphatic heterocycles. The van der Waals surface area contributed by atoms with Gasteiger partial charge in [-0.3, -0.25) is 9.59 Å². The van der Waals surface area contributed by atoms with Gasteiger partial charge in [0.15, 0.2) is 5.88 Å². The predicted octanol–water partition coefficient (Wildman–Crippen LogP) is 4.02. The number of carbonyl (C=O) groups excluding carboxylic acids is 2. The van der Waals surface area contributed by atoms with Crippen LogP contribution < -0.4 is 4.90 Å². The molecule has 0 unspecified atom stereocenters. The molecule has 5 rings (SSSR count). The molecule has 146 valence electrons. The van der Waals surface area contributed by atoms with E-state index in [0.717, 1.165) is 29.9 Å². The minimum atomic E-state index is -0.0251. The quantitative estimate of drug-likeness (QED) is 0.521. The summed E-state index contributed by atoms with van der Waals surface area (Å²) < 4.78 is 5.45. The lowest BCUT2D eigenvalue weighted by Gasteiger charge is -2.34. The van der Waals surface area contributed by atoms with Gasteiger partial charge < -0.3 is 19.2 Å². The molecule has 0 radical (unpaired) electrons. The average molecular weight is 405 g/mol. The van der Waals surface area contributed by atoms with Gasteiger partial charge in [-0.1, -0.05) is 6.07 Å². The van der Waals surface area contributed by atoms with E-state index < -0.39 is 0 Å². The highest BCUT2D eigenvalue weighted by Gasteiger charge is 2.24. The summed E-state index contributed by atoms with van der Waals surface area (Å²) in [6.45, 7) is 2.72. The van der Waals surface area contributed by atoms with E-state index in [2.05, 4.69) is 9.88 Å². The molecule has 29 heavy (non-hydrogen) atoms. The Morgan fingerprint density at radius 1 is 1.03 bits per heavy atom. The zero-order valence-electron chi connectivity index (χ0n) is 15.6. The molecule has 0 atom stereocenters. The molecule has 0 aliphatic carbocycles. The average Bonchev–Trinajstić information content (AvgIpc) is 3.54. The SMILES string of the molecule is O=C(c1cccs1)c1c[nH]c2ccc(C(=O)N3CCN(c4ccco4)CC3)cc12. The molecule has 1 aliphatic rings. The van der Waals surface area contributed by atoms with Crippen LogP contribution in [-0.4, -0.2) is 47.8 Å². The minimum absolute atomic E-state index is 0.0123. The molecule has 0 saturated carbocycles. The van der Waals surface area contributed by atoms with Crippen LogP contribution in [0.1, 0.15) is 25.6 Å². The molecule has 0 bridgehead atoms. The second kappa shape index (κ2) is 7.25. The molecule has 1 N–H and O–H groups in total. The lowest BCUT2D eigenvalue weighted by Crippen LogP contribution is -2.48. The first-order chi connectivity index (χ1) is 14.2. The van der Waals surface area contributed by atoms with Crippen molar-refractivity contribution in [2.75, 3.05) is 31.1 Å². The van der Waals surface area contributed by atoms with Crippen molar-refractivity contribution in [3.8, 4) is 0 Å². The first kappa shape index (κ1) is 17.8. The maximum absolute atomic E-state index is 13.1. The topological polar surface area (TPSA) is 69.6 Å². The van der Waals surface area contributed by atoms with Crippen molar-refractivity contribution in [1.82, 2.24) is 9.88 Å². The number of hydrogen-bond donors (Lipinski definition) is 1. The van der Waals surface area contributed by atoms with Crippen LogP contribution in [0.4, 0.5) is 5.88 Å². The predicted molar refractivity (Wildman–Crippen MR) is 113 cm³/mol. The number of thiophene rings is 1. The van der Waals surface area contributed by atoms with E-state index in [1.807, 2.05) is 52.7 Å². The summed E-state index contributed by atoms with van der Waals surface area (Å²) in [6, 6.07) is 13.0. The number of ketones is 1. The lowest BCUT2D eigenvalue weighted by atomic mass is 10.0. The van der Waals surface area contributed by atoms with Gasteiger partial charge in [0.1, 0.15) is 0 Å². The summed E-state index contributed by atoms with van der Waals surface area (Å²) in [4.78, 5) is 33.7.